The third-order valence-electron chi connectivity index (χ3n) is 4.58. The summed E-state index contributed by atoms with van der Waals surface area (Å²) in [7, 11) is 0. The van der Waals surface area contributed by atoms with Crippen molar-refractivity contribution in [3.05, 3.63) is 63.6 Å². The second-order valence-electron chi connectivity index (χ2n) is 8.31. The zero-order valence-electron chi connectivity index (χ0n) is 16.5. The molecule has 0 fully saturated rings. The van der Waals surface area contributed by atoms with E-state index >= 15 is 0 Å². The number of aliphatic carboxylic acids is 1. The number of thioether (sulfide) groups is 1. The third-order valence-corrected chi connectivity index (χ3v) is 6.64. The molecule has 0 saturated heterocycles. The largest absolute Gasteiger partial charge is 0.481 e. The van der Waals surface area contributed by atoms with Crippen molar-refractivity contribution in [3.8, 4) is 0 Å². The predicted molar refractivity (Wildman–Crippen MR) is 120 cm³/mol. The monoisotopic (exact) mass is 451 g/mol. The number of amides is 1. The number of carbonyl (C=O) groups is 2. The predicted octanol–water partition coefficient (Wildman–Crippen LogP) is 6.05. The summed E-state index contributed by atoms with van der Waals surface area (Å²) in [6.07, 6.45) is -0.257. The Kier molecular flexibility index (Phi) is 6.51. The number of carboxylic acid groups (broad SMARTS) is 1. The zero-order valence-corrected chi connectivity index (χ0v) is 18.8. The molecule has 1 aliphatic rings. The Hall–Kier alpha value is -1.69. The average Bonchev–Trinajstić information content (AvgIpc) is 2.71. The van der Waals surface area contributed by atoms with Crippen LogP contribution in [0.3, 0.4) is 0 Å². The molecule has 29 heavy (non-hydrogen) atoms. The van der Waals surface area contributed by atoms with Gasteiger partial charge in [-0.1, -0.05) is 62.2 Å². The second kappa shape index (κ2) is 8.58. The van der Waals surface area contributed by atoms with E-state index in [0.29, 0.717) is 16.6 Å². The van der Waals surface area contributed by atoms with Crippen LogP contribution in [0.25, 0.3) is 0 Å². The molecule has 0 aliphatic carbocycles. The normalized spacial score (nSPS) is 19.6. The summed E-state index contributed by atoms with van der Waals surface area (Å²) in [4.78, 5) is 26.7. The van der Waals surface area contributed by atoms with E-state index in [1.165, 1.54) is 11.8 Å². The number of benzene rings is 2. The quantitative estimate of drug-likeness (QED) is 0.614. The van der Waals surface area contributed by atoms with E-state index in [1.807, 2.05) is 51.1 Å². The van der Waals surface area contributed by atoms with Gasteiger partial charge in [0.1, 0.15) is 0 Å². The molecule has 0 unspecified atom stereocenters. The third kappa shape index (κ3) is 5.08. The summed E-state index contributed by atoms with van der Waals surface area (Å²) in [5.74, 6) is -1.21. The highest BCUT2D eigenvalue weighted by Gasteiger charge is 2.39. The lowest BCUT2D eigenvalue weighted by Gasteiger charge is -2.31. The number of fused-ring (bicyclic) bond motifs is 1. The van der Waals surface area contributed by atoms with Gasteiger partial charge in [-0.15, -0.1) is 11.8 Å². The molecule has 0 radical (unpaired) electrons. The molecule has 2 atom stereocenters. The van der Waals surface area contributed by atoms with Crippen molar-refractivity contribution in [1.82, 2.24) is 0 Å². The number of carboxylic acids is 1. The first-order valence-corrected chi connectivity index (χ1v) is 11.0. The SMILES string of the molecule is CC(C)(C)CN1C(=O)[C@@H](CC(=O)O)S[C@H](c2ccccc2Cl)c2cc(Cl)ccc21. The summed E-state index contributed by atoms with van der Waals surface area (Å²) in [6.45, 7) is 6.61. The molecule has 1 amide bonds. The molecule has 2 aromatic carbocycles. The van der Waals surface area contributed by atoms with Crippen molar-refractivity contribution in [2.24, 2.45) is 5.41 Å². The van der Waals surface area contributed by atoms with Crippen LogP contribution in [0.2, 0.25) is 10.0 Å². The van der Waals surface area contributed by atoms with Crippen molar-refractivity contribution >= 4 is 52.5 Å². The average molecular weight is 452 g/mol. The van der Waals surface area contributed by atoms with Crippen LogP contribution in [0.4, 0.5) is 5.69 Å². The summed E-state index contributed by atoms with van der Waals surface area (Å²) in [5.41, 5.74) is 2.28. The van der Waals surface area contributed by atoms with Gasteiger partial charge in [-0.05, 0) is 40.8 Å². The fourth-order valence-electron chi connectivity index (χ4n) is 3.43. The Morgan fingerprint density at radius 1 is 1.14 bits per heavy atom. The molecule has 0 aromatic heterocycles. The van der Waals surface area contributed by atoms with Crippen LogP contribution < -0.4 is 4.90 Å². The van der Waals surface area contributed by atoms with E-state index in [0.717, 1.165) is 16.8 Å². The number of rotatable bonds is 4. The van der Waals surface area contributed by atoms with Crippen LogP contribution in [0.15, 0.2) is 42.5 Å². The zero-order chi connectivity index (χ0) is 21.3. The smallest absolute Gasteiger partial charge is 0.305 e. The minimum absolute atomic E-state index is 0.171. The molecule has 1 N–H and O–H groups in total. The van der Waals surface area contributed by atoms with Crippen molar-refractivity contribution in [1.29, 1.82) is 0 Å². The second-order valence-corrected chi connectivity index (χ2v) is 10.5. The van der Waals surface area contributed by atoms with Crippen LogP contribution >= 0.6 is 35.0 Å². The van der Waals surface area contributed by atoms with Gasteiger partial charge in [0.2, 0.25) is 5.91 Å². The lowest BCUT2D eigenvalue weighted by molar-refractivity contribution is -0.138. The van der Waals surface area contributed by atoms with Crippen LogP contribution in [0.1, 0.15) is 43.6 Å². The van der Waals surface area contributed by atoms with E-state index in [9.17, 15) is 14.7 Å². The van der Waals surface area contributed by atoms with E-state index in [2.05, 4.69) is 0 Å². The summed E-state index contributed by atoms with van der Waals surface area (Å²) < 4.78 is 0. The first kappa shape index (κ1) is 22.0. The molecule has 4 nitrogen and oxygen atoms in total. The molecule has 3 rings (SSSR count). The summed E-state index contributed by atoms with van der Waals surface area (Å²) >= 11 is 14.1. The topological polar surface area (TPSA) is 57.6 Å². The molecule has 0 bridgehead atoms. The van der Waals surface area contributed by atoms with Gasteiger partial charge in [0.25, 0.3) is 0 Å². The molecule has 1 aliphatic heterocycles. The standard InChI is InChI=1S/C22H23Cl2NO3S/c1-22(2,3)12-25-17-9-8-13(23)10-15(17)20(14-6-4-5-7-16(14)24)29-18(21(25)28)11-19(26)27/h4-10,18,20H,11-12H2,1-3H3,(H,26,27)/t18-,20-/m1/s1. The molecule has 0 spiro atoms. The van der Waals surface area contributed by atoms with Crippen molar-refractivity contribution in [2.75, 3.05) is 11.4 Å². The number of hydrogen-bond acceptors (Lipinski definition) is 3. The lowest BCUT2D eigenvalue weighted by Crippen LogP contribution is -2.42. The van der Waals surface area contributed by atoms with Gasteiger partial charge in [0.05, 0.1) is 16.9 Å². The molecule has 7 heteroatoms. The van der Waals surface area contributed by atoms with Gasteiger partial charge >= 0.3 is 5.97 Å². The Morgan fingerprint density at radius 2 is 1.83 bits per heavy atom. The van der Waals surface area contributed by atoms with Crippen LogP contribution in [0.5, 0.6) is 0 Å². The van der Waals surface area contributed by atoms with Crippen molar-refractivity contribution in [2.45, 2.75) is 37.7 Å². The minimum Gasteiger partial charge on any atom is -0.481 e. The van der Waals surface area contributed by atoms with Gasteiger partial charge < -0.3 is 10.0 Å². The maximum absolute atomic E-state index is 13.4. The van der Waals surface area contributed by atoms with Crippen LogP contribution in [0, 0.1) is 5.41 Å². The molecule has 1 heterocycles. The molecule has 0 saturated carbocycles. The fraction of sp³-hybridized carbons (Fsp3) is 0.364. The Morgan fingerprint density at radius 3 is 2.45 bits per heavy atom. The summed E-state index contributed by atoms with van der Waals surface area (Å²) in [6, 6.07) is 12.9. The van der Waals surface area contributed by atoms with Crippen molar-refractivity contribution < 1.29 is 14.7 Å². The highest BCUT2D eigenvalue weighted by atomic mass is 35.5. The van der Waals surface area contributed by atoms with E-state index < -0.39 is 11.2 Å². The molecular formula is C22H23Cl2NO3S. The molecule has 154 valence electrons. The number of halogens is 2. The minimum atomic E-state index is -1.01. The molecule has 2 aromatic rings. The van der Waals surface area contributed by atoms with E-state index in [-0.39, 0.29) is 23.0 Å². The maximum atomic E-state index is 13.4. The van der Waals surface area contributed by atoms with Crippen molar-refractivity contribution in [3.63, 3.8) is 0 Å². The molecular weight excluding hydrogens is 429 g/mol. The van der Waals surface area contributed by atoms with E-state index in [1.54, 1.807) is 17.0 Å². The number of carbonyl (C=O) groups excluding carboxylic acids is 1. The number of nitrogens with zero attached hydrogens (tertiary/aromatic N) is 1. The van der Waals surface area contributed by atoms with Gasteiger partial charge in [0, 0.05) is 22.3 Å². The van der Waals surface area contributed by atoms with E-state index in [4.69, 9.17) is 23.2 Å². The van der Waals surface area contributed by atoms with Crippen LogP contribution in [-0.4, -0.2) is 28.8 Å². The van der Waals surface area contributed by atoms with Crippen LogP contribution in [-0.2, 0) is 9.59 Å². The number of anilines is 1. The van der Waals surface area contributed by atoms with Gasteiger partial charge in [-0.3, -0.25) is 9.59 Å². The van der Waals surface area contributed by atoms with Gasteiger partial charge in [0.15, 0.2) is 0 Å². The van der Waals surface area contributed by atoms with Gasteiger partial charge in [-0.25, -0.2) is 0 Å². The summed E-state index contributed by atoms with van der Waals surface area (Å²) in [5, 5.41) is 9.52. The Labute approximate surface area is 185 Å². The maximum Gasteiger partial charge on any atom is 0.305 e. The Balaban J connectivity index is 2.22. The first-order chi connectivity index (χ1) is 13.6. The fourth-order valence-corrected chi connectivity index (χ4v) is 5.42. The highest BCUT2D eigenvalue weighted by Crippen LogP contribution is 2.49. The highest BCUT2D eigenvalue weighted by molar-refractivity contribution is 8.01. The van der Waals surface area contributed by atoms with Gasteiger partial charge in [-0.2, -0.15) is 0 Å². The number of hydrogen-bond donors (Lipinski definition) is 1. The lowest BCUT2D eigenvalue weighted by atomic mass is 9.94. The first-order valence-electron chi connectivity index (χ1n) is 9.29. The Bertz CT molecular complexity index is 942.